The van der Waals surface area contributed by atoms with E-state index in [0.29, 0.717) is 0 Å². The minimum absolute atomic E-state index is 0.0473. The van der Waals surface area contributed by atoms with E-state index in [9.17, 15) is 4.79 Å². The lowest BCUT2D eigenvalue weighted by molar-refractivity contribution is 0.0933. The summed E-state index contributed by atoms with van der Waals surface area (Å²) in [6.07, 6.45) is 3.30. The number of nitrogens with one attached hydrogen (secondary N) is 1. The summed E-state index contributed by atoms with van der Waals surface area (Å²) in [5.74, 6) is 0.0473. The lowest BCUT2D eigenvalue weighted by Gasteiger charge is -2.26. The molecule has 2 nitrogen and oxygen atoms in total. The molecule has 0 aliphatic heterocycles. The second kappa shape index (κ2) is 5.17. The third-order valence-electron chi connectivity index (χ3n) is 3.67. The number of aryl methyl sites for hydroxylation is 2. The van der Waals surface area contributed by atoms with Gasteiger partial charge in [-0.2, -0.15) is 0 Å². The van der Waals surface area contributed by atoms with E-state index < -0.39 is 0 Å². The topological polar surface area (TPSA) is 29.1 Å². The highest BCUT2D eigenvalue weighted by Crippen LogP contribution is 2.29. The van der Waals surface area contributed by atoms with Crippen LogP contribution < -0.4 is 5.32 Å². The molecule has 0 saturated carbocycles. The first-order valence-electron chi connectivity index (χ1n) is 6.68. The molecule has 2 aromatic rings. The molecule has 0 fully saturated rings. The van der Waals surface area contributed by atoms with Gasteiger partial charge in [0, 0.05) is 10.3 Å². The molecule has 0 saturated heterocycles. The fraction of sp³-hybridized carbons (Fsp3) is 0.312. The molecule has 0 radical (unpaired) electrons. The molecular formula is C16H17NOS. The van der Waals surface area contributed by atoms with Crippen LogP contribution in [0.4, 0.5) is 0 Å². The zero-order chi connectivity index (χ0) is 13.2. The Kier molecular flexibility index (Phi) is 3.38. The first kappa shape index (κ1) is 12.4. The number of fused-ring (bicyclic) bond motifs is 1. The lowest BCUT2D eigenvalue weighted by Crippen LogP contribution is -2.30. The number of hydrogen-bond acceptors (Lipinski definition) is 2. The van der Waals surface area contributed by atoms with Crippen LogP contribution in [-0.4, -0.2) is 5.91 Å². The van der Waals surface area contributed by atoms with Crippen LogP contribution in [0.3, 0.4) is 0 Å². The number of carbonyl (C=O) groups is 1. The van der Waals surface area contributed by atoms with Crippen LogP contribution in [0, 0.1) is 6.92 Å². The molecule has 1 atom stereocenters. The molecule has 1 aliphatic rings. The zero-order valence-corrected chi connectivity index (χ0v) is 11.8. The van der Waals surface area contributed by atoms with Crippen LogP contribution in [0.5, 0.6) is 0 Å². The van der Waals surface area contributed by atoms with Crippen molar-refractivity contribution in [2.24, 2.45) is 0 Å². The van der Waals surface area contributed by atoms with E-state index in [0.717, 1.165) is 24.8 Å². The largest absolute Gasteiger partial charge is 0.345 e. The number of thiophene rings is 1. The van der Waals surface area contributed by atoms with Gasteiger partial charge in [-0.05, 0) is 43.4 Å². The molecule has 1 unspecified atom stereocenters. The van der Waals surface area contributed by atoms with Crippen LogP contribution in [0.25, 0.3) is 0 Å². The Morgan fingerprint density at radius 1 is 1.37 bits per heavy atom. The summed E-state index contributed by atoms with van der Waals surface area (Å²) in [4.78, 5) is 13.4. The van der Waals surface area contributed by atoms with E-state index in [1.165, 1.54) is 16.0 Å². The molecule has 0 spiro atoms. The average Bonchev–Trinajstić information content (AvgIpc) is 2.86. The van der Waals surface area contributed by atoms with Gasteiger partial charge in [-0.25, -0.2) is 0 Å². The van der Waals surface area contributed by atoms with Gasteiger partial charge in [0.05, 0.1) is 11.6 Å². The molecule has 1 amide bonds. The van der Waals surface area contributed by atoms with Crippen LogP contribution in [0.1, 0.15) is 45.2 Å². The first-order chi connectivity index (χ1) is 9.24. The number of amides is 1. The van der Waals surface area contributed by atoms with Gasteiger partial charge in [0.1, 0.15) is 0 Å². The van der Waals surface area contributed by atoms with Gasteiger partial charge < -0.3 is 5.32 Å². The molecular weight excluding hydrogens is 254 g/mol. The minimum Gasteiger partial charge on any atom is -0.345 e. The molecule has 98 valence electrons. The standard InChI is InChI=1S/C16H17NOS/c1-11-9-13(10-19-11)16(18)17-15-8-4-6-12-5-2-3-7-14(12)15/h2-3,5,7,9-10,15H,4,6,8H2,1H3,(H,17,18). The Morgan fingerprint density at radius 3 is 3.00 bits per heavy atom. The molecule has 3 heteroatoms. The fourth-order valence-electron chi connectivity index (χ4n) is 2.71. The van der Waals surface area contributed by atoms with Crippen molar-refractivity contribution in [2.75, 3.05) is 0 Å². The summed E-state index contributed by atoms with van der Waals surface area (Å²) >= 11 is 1.62. The van der Waals surface area contributed by atoms with Gasteiger partial charge in [-0.15, -0.1) is 11.3 Å². The Morgan fingerprint density at radius 2 is 2.21 bits per heavy atom. The summed E-state index contributed by atoms with van der Waals surface area (Å²) in [5.41, 5.74) is 3.44. The summed E-state index contributed by atoms with van der Waals surface area (Å²) in [6.45, 7) is 2.03. The third-order valence-corrected chi connectivity index (χ3v) is 4.53. The highest BCUT2D eigenvalue weighted by atomic mass is 32.1. The predicted octanol–water partition coefficient (Wildman–Crippen LogP) is 3.86. The van der Waals surface area contributed by atoms with Crippen molar-refractivity contribution in [3.05, 3.63) is 57.3 Å². The van der Waals surface area contributed by atoms with Crippen LogP contribution >= 0.6 is 11.3 Å². The van der Waals surface area contributed by atoms with Crippen molar-refractivity contribution in [3.63, 3.8) is 0 Å². The quantitative estimate of drug-likeness (QED) is 0.882. The normalized spacial score (nSPS) is 17.8. The van der Waals surface area contributed by atoms with Crippen LogP contribution in [0.15, 0.2) is 35.7 Å². The molecule has 1 aromatic carbocycles. The maximum atomic E-state index is 12.2. The van der Waals surface area contributed by atoms with Gasteiger partial charge in [0.2, 0.25) is 0 Å². The first-order valence-corrected chi connectivity index (χ1v) is 7.56. The number of hydrogen-bond donors (Lipinski definition) is 1. The lowest BCUT2D eigenvalue weighted by atomic mass is 9.87. The Labute approximate surface area is 117 Å². The van der Waals surface area contributed by atoms with Crippen LogP contribution in [-0.2, 0) is 6.42 Å². The minimum atomic E-state index is 0.0473. The van der Waals surface area contributed by atoms with E-state index >= 15 is 0 Å². The van der Waals surface area contributed by atoms with Gasteiger partial charge in [-0.1, -0.05) is 24.3 Å². The molecule has 19 heavy (non-hydrogen) atoms. The highest BCUT2D eigenvalue weighted by Gasteiger charge is 2.21. The smallest absolute Gasteiger partial charge is 0.252 e. The van der Waals surface area contributed by atoms with E-state index in [-0.39, 0.29) is 11.9 Å². The molecule has 1 heterocycles. The van der Waals surface area contributed by atoms with Gasteiger partial charge >= 0.3 is 0 Å². The van der Waals surface area contributed by atoms with Crippen molar-refractivity contribution in [2.45, 2.75) is 32.2 Å². The SMILES string of the molecule is Cc1cc(C(=O)NC2CCCc3ccccc32)cs1. The molecule has 3 rings (SSSR count). The van der Waals surface area contributed by atoms with Crippen LogP contribution in [0.2, 0.25) is 0 Å². The Hall–Kier alpha value is -1.61. The second-order valence-corrected chi connectivity index (χ2v) is 6.18. The van der Waals surface area contributed by atoms with Crippen molar-refractivity contribution in [1.82, 2.24) is 5.32 Å². The van der Waals surface area contributed by atoms with Gasteiger partial charge in [-0.3, -0.25) is 4.79 Å². The fourth-order valence-corrected chi connectivity index (χ4v) is 3.39. The Bertz CT molecular complexity index is 602. The summed E-state index contributed by atoms with van der Waals surface area (Å²) in [5, 5.41) is 5.10. The van der Waals surface area contributed by atoms with Gasteiger partial charge in [0.15, 0.2) is 0 Å². The third kappa shape index (κ3) is 2.56. The van der Waals surface area contributed by atoms with E-state index in [2.05, 4.69) is 29.6 Å². The summed E-state index contributed by atoms with van der Waals surface area (Å²) in [6, 6.07) is 10.6. The molecule has 0 bridgehead atoms. The maximum Gasteiger partial charge on any atom is 0.252 e. The number of rotatable bonds is 2. The average molecular weight is 271 g/mol. The maximum absolute atomic E-state index is 12.2. The number of carbonyl (C=O) groups excluding carboxylic acids is 1. The van der Waals surface area contributed by atoms with E-state index in [1.54, 1.807) is 11.3 Å². The Balaban J connectivity index is 1.79. The molecule has 1 aliphatic carbocycles. The monoisotopic (exact) mass is 271 g/mol. The summed E-state index contributed by atoms with van der Waals surface area (Å²) < 4.78 is 0. The van der Waals surface area contributed by atoms with Crippen molar-refractivity contribution in [3.8, 4) is 0 Å². The highest BCUT2D eigenvalue weighted by molar-refractivity contribution is 7.10. The predicted molar refractivity (Wildman–Crippen MR) is 78.6 cm³/mol. The van der Waals surface area contributed by atoms with E-state index in [1.807, 2.05) is 18.4 Å². The van der Waals surface area contributed by atoms with Crippen molar-refractivity contribution >= 4 is 17.2 Å². The van der Waals surface area contributed by atoms with Crippen molar-refractivity contribution < 1.29 is 4.79 Å². The second-order valence-electron chi connectivity index (χ2n) is 5.06. The summed E-state index contributed by atoms with van der Waals surface area (Å²) in [7, 11) is 0. The number of benzene rings is 1. The van der Waals surface area contributed by atoms with Crippen molar-refractivity contribution in [1.29, 1.82) is 0 Å². The van der Waals surface area contributed by atoms with E-state index in [4.69, 9.17) is 0 Å². The van der Waals surface area contributed by atoms with Gasteiger partial charge in [0.25, 0.3) is 5.91 Å². The molecule has 1 N–H and O–H groups in total. The zero-order valence-electron chi connectivity index (χ0n) is 11.0. The molecule has 1 aromatic heterocycles.